The van der Waals surface area contributed by atoms with Crippen LogP contribution in [0.1, 0.15) is 11.3 Å². The lowest BCUT2D eigenvalue weighted by atomic mass is 10.4. The molecule has 0 aliphatic carbocycles. The molecule has 4 N–H and O–H groups in total. The normalized spacial score (nSPS) is 11.8. The zero-order valence-corrected chi connectivity index (χ0v) is 9.70. The van der Waals surface area contributed by atoms with Gasteiger partial charge in [0.1, 0.15) is 5.76 Å². The van der Waals surface area contributed by atoms with Crippen molar-refractivity contribution in [3.63, 3.8) is 0 Å². The fourth-order valence-corrected chi connectivity index (χ4v) is 2.46. The molecule has 0 saturated heterocycles. The highest BCUT2D eigenvalue weighted by atomic mass is 32.2. The van der Waals surface area contributed by atoms with E-state index in [1.54, 1.807) is 12.1 Å². The third-order valence-corrected chi connectivity index (χ3v) is 3.60. The van der Waals surface area contributed by atoms with Crippen molar-refractivity contribution in [1.82, 2.24) is 14.9 Å². The van der Waals surface area contributed by atoms with E-state index in [-0.39, 0.29) is 18.1 Å². The van der Waals surface area contributed by atoms with Gasteiger partial charge >= 0.3 is 0 Å². The predicted octanol–water partition coefficient (Wildman–Crippen LogP) is -0.0601. The molecule has 0 saturated carbocycles. The van der Waals surface area contributed by atoms with Crippen molar-refractivity contribution < 1.29 is 12.8 Å². The van der Waals surface area contributed by atoms with Crippen LogP contribution in [0.5, 0.6) is 0 Å². The summed E-state index contributed by atoms with van der Waals surface area (Å²) >= 11 is 0. The largest absolute Gasteiger partial charge is 0.468 e. The lowest BCUT2D eigenvalue weighted by Crippen LogP contribution is -2.24. The van der Waals surface area contributed by atoms with Gasteiger partial charge in [-0.3, -0.25) is 5.10 Å². The zero-order chi connectivity index (χ0) is 12.3. The van der Waals surface area contributed by atoms with E-state index in [4.69, 9.17) is 10.2 Å². The van der Waals surface area contributed by atoms with Gasteiger partial charge in [-0.2, -0.15) is 5.10 Å². The first-order valence-corrected chi connectivity index (χ1v) is 6.36. The Labute approximate surface area is 98.1 Å². The molecule has 2 aromatic heterocycles. The van der Waals surface area contributed by atoms with Gasteiger partial charge in [-0.15, -0.1) is 0 Å². The number of aromatic amines is 1. The Morgan fingerprint density at radius 1 is 1.53 bits per heavy atom. The molecule has 0 unspecified atom stereocenters. The van der Waals surface area contributed by atoms with Crippen LogP contribution in [0.15, 0.2) is 34.0 Å². The van der Waals surface area contributed by atoms with Gasteiger partial charge in [-0.05, 0) is 12.1 Å². The summed E-state index contributed by atoms with van der Waals surface area (Å²) in [6.07, 6.45) is 2.87. The van der Waals surface area contributed by atoms with Crippen LogP contribution >= 0.6 is 0 Å². The van der Waals surface area contributed by atoms with E-state index < -0.39 is 10.0 Å². The Morgan fingerprint density at radius 2 is 2.35 bits per heavy atom. The second kappa shape index (κ2) is 4.70. The number of nitrogens with two attached hydrogens (primary N) is 1. The highest BCUT2D eigenvalue weighted by Crippen LogP contribution is 2.11. The van der Waals surface area contributed by atoms with Crippen molar-refractivity contribution in [2.24, 2.45) is 5.73 Å². The van der Waals surface area contributed by atoms with Crippen LogP contribution in [0.25, 0.3) is 0 Å². The summed E-state index contributed by atoms with van der Waals surface area (Å²) in [6.45, 7) is 0.186. The summed E-state index contributed by atoms with van der Waals surface area (Å²) < 4.78 is 31.2. The molecule has 2 aromatic rings. The number of sulfonamides is 1. The summed E-state index contributed by atoms with van der Waals surface area (Å²) in [4.78, 5) is 0. The maximum Gasteiger partial charge on any atom is 0.258 e. The molecule has 2 heterocycles. The highest BCUT2D eigenvalue weighted by molar-refractivity contribution is 7.89. The number of H-pyrrole nitrogens is 1. The third kappa shape index (κ3) is 2.54. The van der Waals surface area contributed by atoms with Crippen molar-refractivity contribution in [1.29, 1.82) is 0 Å². The van der Waals surface area contributed by atoms with Crippen molar-refractivity contribution in [3.05, 3.63) is 35.9 Å². The summed E-state index contributed by atoms with van der Waals surface area (Å²) in [7, 11) is -3.64. The molecular weight excluding hydrogens is 244 g/mol. The highest BCUT2D eigenvalue weighted by Gasteiger charge is 2.20. The average Bonchev–Trinajstić information content (AvgIpc) is 2.97. The van der Waals surface area contributed by atoms with Crippen LogP contribution in [-0.4, -0.2) is 18.6 Å². The second-order valence-electron chi connectivity index (χ2n) is 3.33. The van der Waals surface area contributed by atoms with Gasteiger partial charge < -0.3 is 10.2 Å². The Bertz CT molecular complexity index is 573. The molecule has 0 spiro atoms. The zero-order valence-electron chi connectivity index (χ0n) is 8.88. The fourth-order valence-electron chi connectivity index (χ4n) is 1.33. The number of aromatic nitrogens is 2. The molecule has 92 valence electrons. The molecule has 0 atom stereocenters. The van der Waals surface area contributed by atoms with E-state index in [2.05, 4.69) is 14.9 Å². The maximum atomic E-state index is 11.9. The molecule has 0 aromatic carbocycles. The van der Waals surface area contributed by atoms with Crippen molar-refractivity contribution in [3.8, 4) is 0 Å². The van der Waals surface area contributed by atoms with Crippen molar-refractivity contribution >= 4 is 10.0 Å². The topological polar surface area (TPSA) is 114 Å². The van der Waals surface area contributed by atoms with E-state index in [0.717, 1.165) is 0 Å². The molecule has 0 fully saturated rings. The Balaban J connectivity index is 2.14. The Hall–Kier alpha value is -1.64. The molecule has 8 heteroatoms. The molecule has 7 nitrogen and oxygen atoms in total. The van der Waals surface area contributed by atoms with E-state index in [0.29, 0.717) is 11.3 Å². The van der Waals surface area contributed by atoms with Crippen LogP contribution in [0.2, 0.25) is 0 Å². The predicted molar refractivity (Wildman–Crippen MR) is 59.2 cm³/mol. The van der Waals surface area contributed by atoms with E-state index in [9.17, 15) is 8.42 Å². The van der Waals surface area contributed by atoms with Crippen LogP contribution in [0.4, 0.5) is 0 Å². The summed E-state index contributed by atoms with van der Waals surface area (Å²) in [5.41, 5.74) is 5.85. The average molecular weight is 256 g/mol. The van der Waals surface area contributed by atoms with Gasteiger partial charge in [0.25, 0.3) is 10.0 Å². The van der Waals surface area contributed by atoms with Gasteiger partial charge in [0.05, 0.1) is 19.0 Å². The third-order valence-electron chi connectivity index (χ3n) is 2.18. The molecular formula is C9H12N4O3S. The standard InChI is InChI=1S/C9H12N4O3S/c10-4-7-5-11-13-9(7)17(14,15)12-6-8-2-1-3-16-8/h1-3,5,12H,4,6,10H2,(H,11,13). The lowest BCUT2D eigenvalue weighted by molar-refractivity contribution is 0.498. The van der Waals surface area contributed by atoms with Crippen LogP contribution in [0.3, 0.4) is 0 Å². The maximum absolute atomic E-state index is 11.9. The van der Waals surface area contributed by atoms with Crippen LogP contribution < -0.4 is 10.5 Å². The monoisotopic (exact) mass is 256 g/mol. The smallest absolute Gasteiger partial charge is 0.258 e. The lowest BCUT2D eigenvalue weighted by Gasteiger charge is -2.04. The molecule has 0 bridgehead atoms. The Kier molecular flexibility index (Phi) is 3.27. The van der Waals surface area contributed by atoms with Crippen LogP contribution in [-0.2, 0) is 23.1 Å². The molecule has 0 amide bonds. The van der Waals surface area contributed by atoms with Crippen molar-refractivity contribution in [2.45, 2.75) is 18.1 Å². The van der Waals surface area contributed by atoms with Crippen molar-refractivity contribution in [2.75, 3.05) is 0 Å². The SMILES string of the molecule is NCc1cn[nH]c1S(=O)(=O)NCc1ccco1. The summed E-state index contributed by atoms with van der Waals surface area (Å²) in [6, 6.07) is 3.37. The molecule has 17 heavy (non-hydrogen) atoms. The molecule has 0 radical (unpaired) electrons. The molecule has 2 rings (SSSR count). The first kappa shape index (κ1) is 11.8. The number of furan rings is 1. The quantitative estimate of drug-likeness (QED) is 0.693. The number of rotatable bonds is 5. The van der Waals surface area contributed by atoms with Crippen LogP contribution in [0, 0.1) is 0 Å². The van der Waals surface area contributed by atoms with Gasteiger partial charge in [0, 0.05) is 12.1 Å². The minimum absolute atomic E-state index is 0.00782. The number of hydrogen-bond donors (Lipinski definition) is 3. The van der Waals surface area contributed by atoms with E-state index >= 15 is 0 Å². The second-order valence-corrected chi connectivity index (χ2v) is 5.04. The first-order valence-electron chi connectivity index (χ1n) is 4.88. The van der Waals surface area contributed by atoms with Gasteiger partial charge in [-0.25, -0.2) is 13.1 Å². The van der Waals surface area contributed by atoms with Gasteiger partial charge in [0.2, 0.25) is 0 Å². The Morgan fingerprint density at radius 3 is 3.00 bits per heavy atom. The summed E-state index contributed by atoms with van der Waals surface area (Å²) in [5.74, 6) is 0.530. The minimum Gasteiger partial charge on any atom is -0.468 e. The number of nitrogens with zero attached hydrogens (tertiary/aromatic N) is 1. The van der Waals surface area contributed by atoms with Gasteiger partial charge in [0.15, 0.2) is 5.03 Å². The van der Waals surface area contributed by atoms with Gasteiger partial charge in [-0.1, -0.05) is 0 Å². The van der Waals surface area contributed by atoms with E-state index in [1.807, 2.05) is 0 Å². The molecule has 0 aliphatic rings. The molecule has 0 aliphatic heterocycles. The number of hydrogen-bond acceptors (Lipinski definition) is 5. The summed E-state index contributed by atoms with van der Waals surface area (Å²) in [5, 5.41) is 6.06. The number of nitrogens with one attached hydrogen (secondary N) is 2. The fraction of sp³-hybridized carbons (Fsp3) is 0.222. The van der Waals surface area contributed by atoms with E-state index in [1.165, 1.54) is 12.5 Å². The first-order chi connectivity index (χ1) is 8.13. The minimum atomic E-state index is -3.64.